The van der Waals surface area contributed by atoms with E-state index in [0.29, 0.717) is 50.4 Å². The molecule has 1 aromatic heterocycles. The van der Waals surface area contributed by atoms with Crippen molar-refractivity contribution in [3.8, 4) is 0 Å². The zero-order chi connectivity index (χ0) is 22.8. The van der Waals surface area contributed by atoms with Crippen molar-refractivity contribution in [1.29, 1.82) is 0 Å². The molecule has 0 unspecified atom stereocenters. The van der Waals surface area contributed by atoms with E-state index in [1.54, 1.807) is 17.0 Å². The van der Waals surface area contributed by atoms with Gasteiger partial charge in [-0.3, -0.25) is 9.69 Å². The Bertz CT molecular complexity index is 1030. The lowest BCUT2D eigenvalue weighted by Crippen LogP contribution is -2.49. The van der Waals surface area contributed by atoms with Crippen LogP contribution in [0.4, 0.5) is 26.6 Å². The highest BCUT2D eigenvalue weighted by Gasteiger charge is 2.33. The first-order valence-electron chi connectivity index (χ1n) is 10.3. The third kappa shape index (κ3) is 4.51. The lowest BCUT2D eigenvalue weighted by Gasteiger charge is -2.36. The highest BCUT2D eigenvalue weighted by molar-refractivity contribution is 5.92. The van der Waals surface area contributed by atoms with Gasteiger partial charge in [-0.2, -0.15) is 4.98 Å². The summed E-state index contributed by atoms with van der Waals surface area (Å²) in [4.78, 5) is 44.4. The second kappa shape index (κ2) is 8.85. The van der Waals surface area contributed by atoms with Crippen LogP contribution in [0.3, 0.4) is 0 Å². The largest absolute Gasteiger partial charge is 0.444 e. The average Bonchev–Trinajstić information content (AvgIpc) is 3.37. The number of carbonyl (C=O) groups excluding carboxylic acids is 3. The molecule has 3 heterocycles. The number of carbonyl (C=O) groups is 3. The SMILES string of the molecule is CC(=O)CC[C@H]1CN(c2ccc(N3CCN(C(=O)c4coc(N)n4)CC3)c(F)c2)C(=O)O1. The highest BCUT2D eigenvalue weighted by Crippen LogP contribution is 2.29. The second-order valence-electron chi connectivity index (χ2n) is 7.84. The van der Waals surface area contributed by atoms with Crippen LogP contribution < -0.4 is 15.5 Å². The number of hydrogen-bond acceptors (Lipinski definition) is 8. The Labute approximate surface area is 183 Å². The van der Waals surface area contributed by atoms with Gasteiger partial charge in [-0.15, -0.1) is 0 Å². The number of amides is 2. The van der Waals surface area contributed by atoms with Gasteiger partial charge in [-0.05, 0) is 31.5 Å². The molecule has 11 heteroatoms. The van der Waals surface area contributed by atoms with Crippen molar-refractivity contribution < 1.29 is 27.9 Å². The quantitative estimate of drug-likeness (QED) is 0.717. The summed E-state index contributed by atoms with van der Waals surface area (Å²) in [5.74, 6) is -0.721. The molecule has 1 atom stereocenters. The lowest BCUT2D eigenvalue weighted by atomic mass is 10.1. The van der Waals surface area contributed by atoms with Gasteiger partial charge < -0.3 is 29.5 Å². The molecule has 2 amide bonds. The number of cyclic esters (lactones) is 1. The van der Waals surface area contributed by atoms with Crippen molar-refractivity contribution in [1.82, 2.24) is 9.88 Å². The molecule has 0 bridgehead atoms. The Morgan fingerprint density at radius 2 is 2.00 bits per heavy atom. The van der Waals surface area contributed by atoms with E-state index in [-0.39, 0.29) is 36.0 Å². The Hall–Kier alpha value is -3.63. The number of nitrogens with two attached hydrogens (primary N) is 1. The second-order valence-corrected chi connectivity index (χ2v) is 7.84. The molecule has 0 saturated carbocycles. The van der Waals surface area contributed by atoms with E-state index >= 15 is 0 Å². The molecule has 0 radical (unpaired) electrons. The van der Waals surface area contributed by atoms with E-state index < -0.39 is 11.9 Å². The fourth-order valence-electron chi connectivity index (χ4n) is 3.87. The number of benzene rings is 1. The first kappa shape index (κ1) is 21.6. The molecule has 2 N–H and O–H groups in total. The van der Waals surface area contributed by atoms with Crippen molar-refractivity contribution in [2.75, 3.05) is 48.3 Å². The summed E-state index contributed by atoms with van der Waals surface area (Å²) in [6.07, 6.45) is 1.06. The van der Waals surface area contributed by atoms with Crippen LogP contribution in [0.5, 0.6) is 0 Å². The van der Waals surface area contributed by atoms with Gasteiger partial charge in [0.25, 0.3) is 11.9 Å². The Morgan fingerprint density at radius 3 is 2.62 bits per heavy atom. The van der Waals surface area contributed by atoms with Crippen LogP contribution >= 0.6 is 0 Å². The number of Topliss-reactive ketones (excluding diaryl/α,β-unsaturated/α-hetero) is 1. The first-order chi connectivity index (χ1) is 15.3. The Morgan fingerprint density at radius 1 is 1.25 bits per heavy atom. The molecule has 2 saturated heterocycles. The molecule has 2 aliphatic rings. The van der Waals surface area contributed by atoms with Gasteiger partial charge in [-0.1, -0.05) is 0 Å². The van der Waals surface area contributed by atoms with Crippen LogP contribution in [0.2, 0.25) is 0 Å². The van der Waals surface area contributed by atoms with E-state index in [1.807, 2.05) is 4.90 Å². The minimum absolute atomic E-state index is 0.0295. The summed E-state index contributed by atoms with van der Waals surface area (Å²) in [7, 11) is 0. The molecule has 2 aromatic rings. The van der Waals surface area contributed by atoms with Crippen LogP contribution in [-0.4, -0.2) is 66.5 Å². The predicted molar refractivity (Wildman–Crippen MR) is 113 cm³/mol. The average molecular weight is 445 g/mol. The van der Waals surface area contributed by atoms with Crippen molar-refractivity contribution in [2.24, 2.45) is 0 Å². The first-order valence-corrected chi connectivity index (χ1v) is 10.3. The highest BCUT2D eigenvalue weighted by atomic mass is 19.1. The van der Waals surface area contributed by atoms with Crippen LogP contribution in [-0.2, 0) is 9.53 Å². The van der Waals surface area contributed by atoms with Crippen LogP contribution in [0.15, 0.2) is 28.9 Å². The number of anilines is 3. The number of hydrogen-bond donors (Lipinski definition) is 1. The third-order valence-electron chi connectivity index (χ3n) is 5.58. The van der Waals surface area contributed by atoms with E-state index in [2.05, 4.69) is 4.98 Å². The van der Waals surface area contributed by atoms with Crippen LogP contribution in [0, 0.1) is 5.82 Å². The minimum atomic E-state index is -0.550. The topological polar surface area (TPSA) is 122 Å². The number of aromatic nitrogens is 1. The van der Waals surface area contributed by atoms with Crippen molar-refractivity contribution in [3.63, 3.8) is 0 Å². The normalized spacial score (nSPS) is 18.8. The molecule has 2 aliphatic heterocycles. The monoisotopic (exact) mass is 445 g/mol. The summed E-state index contributed by atoms with van der Waals surface area (Å²) in [6.45, 7) is 3.43. The minimum Gasteiger partial charge on any atom is -0.444 e. The Kier molecular flexibility index (Phi) is 5.97. The molecule has 0 aliphatic carbocycles. The zero-order valence-electron chi connectivity index (χ0n) is 17.6. The number of piperazine rings is 1. The number of nitrogen functional groups attached to an aromatic ring is 1. The molecule has 170 valence electrons. The maximum absolute atomic E-state index is 14.9. The molecular formula is C21H24FN5O5. The van der Waals surface area contributed by atoms with E-state index in [9.17, 15) is 18.8 Å². The Balaban J connectivity index is 1.37. The lowest BCUT2D eigenvalue weighted by molar-refractivity contribution is -0.117. The third-order valence-corrected chi connectivity index (χ3v) is 5.58. The molecule has 2 fully saturated rings. The number of oxazole rings is 1. The number of ether oxygens (including phenoxy) is 1. The van der Waals surface area contributed by atoms with Gasteiger partial charge in [0.1, 0.15) is 24.0 Å². The van der Waals surface area contributed by atoms with E-state index in [4.69, 9.17) is 14.9 Å². The van der Waals surface area contributed by atoms with Gasteiger partial charge in [-0.25, -0.2) is 9.18 Å². The maximum Gasteiger partial charge on any atom is 0.414 e. The molecule has 10 nitrogen and oxygen atoms in total. The van der Waals surface area contributed by atoms with Gasteiger partial charge in [0.2, 0.25) is 0 Å². The fourth-order valence-corrected chi connectivity index (χ4v) is 3.87. The summed E-state index contributed by atoms with van der Waals surface area (Å²) >= 11 is 0. The van der Waals surface area contributed by atoms with Gasteiger partial charge >= 0.3 is 6.09 Å². The predicted octanol–water partition coefficient (Wildman–Crippen LogP) is 2.05. The number of ketones is 1. The van der Waals surface area contributed by atoms with Gasteiger partial charge in [0.05, 0.1) is 17.9 Å². The standard InChI is InChI=1S/C21H24FN5O5/c1-13(28)2-4-15-11-27(21(30)32-15)14-3-5-18(16(22)10-14)25-6-8-26(9-7-25)19(29)17-12-31-20(23)24-17/h3,5,10,12,15H,2,4,6-9,11H2,1H3,(H2,23,24)/t15-/m0/s1. The van der Waals surface area contributed by atoms with Crippen molar-refractivity contribution in [2.45, 2.75) is 25.9 Å². The summed E-state index contributed by atoms with van der Waals surface area (Å²) in [5.41, 5.74) is 6.36. The summed E-state index contributed by atoms with van der Waals surface area (Å²) < 4.78 is 25.1. The molecule has 1 aromatic carbocycles. The van der Waals surface area contributed by atoms with Crippen molar-refractivity contribution in [3.05, 3.63) is 36.0 Å². The summed E-state index contributed by atoms with van der Waals surface area (Å²) in [6, 6.07) is 4.53. The van der Waals surface area contributed by atoms with Crippen LogP contribution in [0.25, 0.3) is 0 Å². The fraction of sp³-hybridized carbons (Fsp3) is 0.429. The zero-order valence-corrected chi connectivity index (χ0v) is 17.6. The smallest absolute Gasteiger partial charge is 0.414 e. The molecule has 0 spiro atoms. The molecule has 32 heavy (non-hydrogen) atoms. The number of nitrogens with zero attached hydrogens (tertiary/aromatic N) is 4. The van der Waals surface area contributed by atoms with Crippen LogP contribution in [0.1, 0.15) is 30.3 Å². The number of halogens is 1. The van der Waals surface area contributed by atoms with E-state index in [0.717, 1.165) is 0 Å². The van der Waals surface area contributed by atoms with Crippen molar-refractivity contribution >= 4 is 35.2 Å². The maximum atomic E-state index is 14.9. The molecule has 4 rings (SSSR count). The van der Waals surface area contributed by atoms with E-state index in [1.165, 1.54) is 24.2 Å². The summed E-state index contributed by atoms with van der Waals surface area (Å²) in [5, 5.41) is 0. The molecular weight excluding hydrogens is 421 g/mol. The number of rotatable bonds is 6. The van der Waals surface area contributed by atoms with Gasteiger partial charge in [0.15, 0.2) is 5.69 Å². The van der Waals surface area contributed by atoms with Gasteiger partial charge in [0, 0.05) is 32.6 Å².